The molecule has 0 aliphatic carbocycles. The standard InChI is InChI=1S/C13H13N3O2.ClH/c1-18-13(17)10(15)5-9-7-16-11-4-2-3-8(6-14)12(9)11;/h2-4,7,10,16H,5,15H2,1H3;1H. The Labute approximate surface area is 116 Å². The number of aromatic amines is 1. The van der Waals surface area contributed by atoms with Gasteiger partial charge >= 0.3 is 5.97 Å². The lowest BCUT2D eigenvalue weighted by molar-refractivity contribution is -0.142. The van der Waals surface area contributed by atoms with E-state index < -0.39 is 12.0 Å². The molecule has 1 heterocycles. The minimum atomic E-state index is -0.722. The molecule has 1 atom stereocenters. The number of methoxy groups -OCH3 is 1. The van der Waals surface area contributed by atoms with Gasteiger partial charge in [0, 0.05) is 23.5 Å². The van der Waals surface area contributed by atoms with Gasteiger partial charge in [0.15, 0.2) is 0 Å². The van der Waals surface area contributed by atoms with E-state index in [4.69, 9.17) is 11.0 Å². The summed E-state index contributed by atoms with van der Waals surface area (Å²) in [6.07, 6.45) is 2.11. The van der Waals surface area contributed by atoms with E-state index >= 15 is 0 Å². The summed E-state index contributed by atoms with van der Waals surface area (Å²) < 4.78 is 4.59. The van der Waals surface area contributed by atoms with E-state index in [-0.39, 0.29) is 12.4 Å². The molecule has 1 aromatic heterocycles. The summed E-state index contributed by atoms with van der Waals surface area (Å²) in [6, 6.07) is 6.84. The van der Waals surface area contributed by atoms with Crippen molar-refractivity contribution >= 4 is 29.3 Å². The van der Waals surface area contributed by atoms with Crippen LogP contribution < -0.4 is 5.73 Å². The Hall–Kier alpha value is -2.03. The number of hydrogen-bond donors (Lipinski definition) is 2. The van der Waals surface area contributed by atoms with E-state index in [1.807, 2.05) is 6.07 Å². The number of carbonyl (C=O) groups is 1. The predicted molar refractivity (Wildman–Crippen MR) is 74.0 cm³/mol. The van der Waals surface area contributed by atoms with Crippen molar-refractivity contribution in [2.45, 2.75) is 12.5 Å². The van der Waals surface area contributed by atoms with Gasteiger partial charge in [-0.25, -0.2) is 0 Å². The number of aromatic nitrogens is 1. The molecule has 0 saturated carbocycles. The van der Waals surface area contributed by atoms with Crippen LogP contribution in [0.2, 0.25) is 0 Å². The van der Waals surface area contributed by atoms with Crippen LogP contribution in [0.1, 0.15) is 11.1 Å². The molecule has 1 unspecified atom stereocenters. The average Bonchev–Trinajstić information content (AvgIpc) is 2.81. The SMILES string of the molecule is COC(=O)C(N)Cc1c[nH]c2cccc(C#N)c12.Cl. The number of esters is 1. The zero-order valence-corrected chi connectivity index (χ0v) is 11.2. The summed E-state index contributed by atoms with van der Waals surface area (Å²) in [5.74, 6) is -0.459. The Bertz CT molecular complexity index is 630. The molecule has 0 spiro atoms. The number of nitrogens with two attached hydrogens (primary N) is 1. The van der Waals surface area contributed by atoms with Crippen LogP contribution in [-0.4, -0.2) is 24.1 Å². The molecule has 2 rings (SSSR count). The van der Waals surface area contributed by atoms with Gasteiger partial charge < -0.3 is 15.5 Å². The second-order valence-corrected chi connectivity index (χ2v) is 3.99. The molecule has 5 nitrogen and oxygen atoms in total. The summed E-state index contributed by atoms with van der Waals surface area (Å²) in [5.41, 5.74) is 8.01. The number of nitrogens with zero attached hydrogens (tertiary/aromatic N) is 1. The molecule has 19 heavy (non-hydrogen) atoms. The van der Waals surface area contributed by atoms with E-state index in [9.17, 15) is 4.79 Å². The molecular weight excluding hydrogens is 266 g/mol. The Morgan fingerprint density at radius 3 is 2.95 bits per heavy atom. The molecule has 6 heteroatoms. The molecule has 1 aromatic carbocycles. The third kappa shape index (κ3) is 2.87. The van der Waals surface area contributed by atoms with Gasteiger partial charge in [-0.15, -0.1) is 12.4 Å². The van der Waals surface area contributed by atoms with Gasteiger partial charge in [-0.1, -0.05) is 6.07 Å². The molecule has 0 aliphatic heterocycles. The first-order valence-electron chi connectivity index (χ1n) is 5.50. The van der Waals surface area contributed by atoms with Crippen molar-refractivity contribution in [2.75, 3.05) is 7.11 Å². The Morgan fingerprint density at radius 2 is 2.32 bits per heavy atom. The summed E-state index contributed by atoms with van der Waals surface area (Å²) >= 11 is 0. The quantitative estimate of drug-likeness (QED) is 0.833. The van der Waals surface area contributed by atoms with Crippen molar-refractivity contribution in [2.24, 2.45) is 5.73 Å². The second kappa shape index (κ2) is 6.23. The number of benzene rings is 1. The normalized spacial score (nSPS) is 11.4. The molecule has 2 aromatic rings. The number of halogens is 1. The summed E-state index contributed by atoms with van der Waals surface area (Å²) in [4.78, 5) is 14.4. The lowest BCUT2D eigenvalue weighted by Crippen LogP contribution is -2.33. The van der Waals surface area contributed by atoms with Crippen LogP contribution in [0.5, 0.6) is 0 Å². The minimum absolute atomic E-state index is 0. The molecule has 100 valence electrons. The van der Waals surface area contributed by atoms with Gasteiger partial charge in [0.05, 0.1) is 18.7 Å². The Balaban J connectivity index is 0.00000180. The first-order chi connectivity index (χ1) is 8.67. The number of ether oxygens (including phenoxy) is 1. The van der Waals surface area contributed by atoms with Gasteiger partial charge in [-0.3, -0.25) is 4.79 Å². The smallest absolute Gasteiger partial charge is 0.322 e. The fourth-order valence-corrected chi connectivity index (χ4v) is 1.98. The van der Waals surface area contributed by atoms with Gasteiger partial charge in [-0.05, 0) is 17.7 Å². The minimum Gasteiger partial charge on any atom is -0.468 e. The van der Waals surface area contributed by atoms with Gasteiger partial charge in [-0.2, -0.15) is 5.26 Å². The number of hydrogen-bond acceptors (Lipinski definition) is 4. The van der Waals surface area contributed by atoms with E-state index in [0.717, 1.165) is 16.5 Å². The van der Waals surface area contributed by atoms with E-state index in [0.29, 0.717) is 12.0 Å². The van der Waals surface area contributed by atoms with Crippen LogP contribution in [-0.2, 0) is 16.0 Å². The van der Waals surface area contributed by atoms with Crippen LogP contribution in [0.15, 0.2) is 24.4 Å². The van der Waals surface area contributed by atoms with Crippen molar-refractivity contribution in [3.63, 3.8) is 0 Å². The highest BCUT2D eigenvalue weighted by Gasteiger charge is 2.17. The topological polar surface area (TPSA) is 91.9 Å². The average molecular weight is 280 g/mol. The summed E-state index contributed by atoms with van der Waals surface area (Å²) in [5, 5.41) is 9.90. The Morgan fingerprint density at radius 1 is 1.58 bits per heavy atom. The molecule has 0 aliphatic rings. The maximum absolute atomic E-state index is 11.3. The van der Waals surface area contributed by atoms with Crippen LogP contribution in [0.4, 0.5) is 0 Å². The van der Waals surface area contributed by atoms with Crippen molar-refractivity contribution in [3.05, 3.63) is 35.5 Å². The highest BCUT2D eigenvalue weighted by Crippen LogP contribution is 2.23. The first-order valence-corrected chi connectivity index (χ1v) is 5.50. The Kier molecular flexibility index (Phi) is 4.93. The number of fused-ring (bicyclic) bond motifs is 1. The third-order valence-corrected chi connectivity index (χ3v) is 2.85. The predicted octanol–water partition coefficient (Wildman–Crippen LogP) is 1.50. The van der Waals surface area contributed by atoms with Crippen molar-refractivity contribution in [1.29, 1.82) is 5.26 Å². The van der Waals surface area contributed by atoms with Gasteiger partial charge in [0.1, 0.15) is 6.04 Å². The lowest BCUT2D eigenvalue weighted by atomic mass is 10.0. The second-order valence-electron chi connectivity index (χ2n) is 3.99. The van der Waals surface area contributed by atoms with Gasteiger partial charge in [0.25, 0.3) is 0 Å². The van der Waals surface area contributed by atoms with E-state index in [1.54, 1.807) is 18.3 Å². The zero-order valence-electron chi connectivity index (χ0n) is 10.3. The van der Waals surface area contributed by atoms with Crippen LogP contribution in [0, 0.1) is 11.3 Å². The highest BCUT2D eigenvalue weighted by molar-refractivity contribution is 5.89. The molecule has 0 saturated heterocycles. The number of nitrogens with one attached hydrogen (secondary N) is 1. The maximum Gasteiger partial charge on any atom is 0.322 e. The van der Waals surface area contributed by atoms with Crippen LogP contribution in [0.25, 0.3) is 10.9 Å². The van der Waals surface area contributed by atoms with Crippen molar-refractivity contribution in [1.82, 2.24) is 4.98 Å². The number of nitriles is 1. The molecule has 0 bridgehead atoms. The molecule has 0 amide bonds. The number of H-pyrrole nitrogens is 1. The van der Waals surface area contributed by atoms with Gasteiger partial charge in [0.2, 0.25) is 0 Å². The zero-order chi connectivity index (χ0) is 13.1. The maximum atomic E-state index is 11.3. The van der Waals surface area contributed by atoms with Crippen molar-refractivity contribution in [3.8, 4) is 6.07 Å². The summed E-state index contributed by atoms with van der Waals surface area (Å²) in [6.45, 7) is 0. The van der Waals surface area contributed by atoms with Crippen LogP contribution in [0.3, 0.4) is 0 Å². The fraction of sp³-hybridized carbons (Fsp3) is 0.231. The van der Waals surface area contributed by atoms with E-state index in [1.165, 1.54) is 7.11 Å². The van der Waals surface area contributed by atoms with Crippen molar-refractivity contribution < 1.29 is 9.53 Å². The third-order valence-electron chi connectivity index (χ3n) is 2.85. The molecule has 3 N–H and O–H groups in total. The lowest BCUT2D eigenvalue weighted by Gasteiger charge is -2.08. The van der Waals surface area contributed by atoms with Crippen LogP contribution >= 0.6 is 12.4 Å². The number of carbonyl (C=O) groups excluding carboxylic acids is 1. The van der Waals surface area contributed by atoms with E-state index in [2.05, 4.69) is 15.8 Å². The monoisotopic (exact) mass is 279 g/mol. The molecule has 0 radical (unpaired) electrons. The fourth-order valence-electron chi connectivity index (χ4n) is 1.98. The number of rotatable bonds is 3. The molecule has 0 fully saturated rings. The summed E-state index contributed by atoms with van der Waals surface area (Å²) in [7, 11) is 1.30. The largest absolute Gasteiger partial charge is 0.468 e. The first kappa shape index (κ1) is 15.0. The highest BCUT2D eigenvalue weighted by atomic mass is 35.5. The molecular formula is C13H14ClN3O2.